The van der Waals surface area contributed by atoms with Crippen molar-refractivity contribution < 1.29 is 9.90 Å². The van der Waals surface area contributed by atoms with Crippen molar-refractivity contribution in [2.45, 2.75) is 44.2 Å². The lowest BCUT2D eigenvalue weighted by Gasteiger charge is -2.34. The van der Waals surface area contributed by atoms with Crippen LogP contribution >= 0.6 is 0 Å². The fourth-order valence-electron chi connectivity index (χ4n) is 5.43. The standard InChI is InChI=1S/C18H23NO2/c20-18(21)17(11-5-2-1-3-6-11)19-16-10-12-9-15(16)14-8-4-7-13(12)14/h1-3,5-6,12-17,19H,4,7-10H2,(H,20,21). The zero-order chi connectivity index (χ0) is 14.4. The predicted octanol–water partition coefficient (Wildman–Crippen LogP) is 3.23. The lowest BCUT2D eigenvalue weighted by Crippen LogP contribution is -2.43. The molecular formula is C18H23NO2. The first-order valence-electron chi connectivity index (χ1n) is 8.28. The molecule has 0 saturated heterocycles. The molecule has 3 aliphatic rings. The van der Waals surface area contributed by atoms with Gasteiger partial charge in [-0.2, -0.15) is 0 Å². The van der Waals surface area contributed by atoms with Crippen molar-refractivity contribution in [3.05, 3.63) is 35.9 Å². The molecule has 0 amide bonds. The molecule has 4 rings (SSSR count). The average molecular weight is 285 g/mol. The Labute approximate surface area is 125 Å². The summed E-state index contributed by atoms with van der Waals surface area (Å²) in [5, 5.41) is 13.1. The Hall–Kier alpha value is -1.35. The van der Waals surface area contributed by atoms with Crippen LogP contribution in [0.5, 0.6) is 0 Å². The van der Waals surface area contributed by atoms with Crippen molar-refractivity contribution >= 4 is 5.97 Å². The smallest absolute Gasteiger partial charge is 0.325 e. The average Bonchev–Trinajstić information content (AvgIpc) is 3.17. The highest BCUT2D eigenvalue weighted by Gasteiger charge is 2.54. The molecule has 0 aliphatic heterocycles. The number of fused-ring (bicyclic) bond motifs is 5. The maximum Gasteiger partial charge on any atom is 0.325 e. The van der Waals surface area contributed by atoms with E-state index in [1.54, 1.807) is 0 Å². The second-order valence-electron chi connectivity index (χ2n) is 7.11. The minimum absolute atomic E-state index is 0.399. The monoisotopic (exact) mass is 285 g/mol. The maximum absolute atomic E-state index is 11.7. The number of aliphatic carboxylic acids is 1. The number of hydrogen-bond acceptors (Lipinski definition) is 2. The van der Waals surface area contributed by atoms with Crippen LogP contribution in [0.4, 0.5) is 0 Å². The van der Waals surface area contributed by atoms with E-state index in [9.17, 15) is 9.90 Å². The van der Waals surface area contributed by atoms with Gasteiger partial charge in [-0.25, -0.2) is 0 Å². The molecule has 112 valence electrons. The van der Waals surface area contributed by atoms with Crippen LogP contribution in [-0.4, -0.2) is 17.1 Å². The summed E-state index contributed by atoms with van der Waals surface area (Å²) in [5.41, 5.74) is 0.871. The van der Waals surface area contributed by atoms with Gasteiger partial charge in [-0.15, -0.1) is 0 Å². The molecule has 6 atom stereocenters. The number of carboxylic acid groups (broad SMARTS) is 1. The van der Waals surface area contributed by atoms with Gasteiger partial charge in [0, 0.05) is 6.04 Å². The van der Waals surface area contributed by atoms with Crippen LogP contribution in [0, 0.1) is 23.7 Å². The molecule has 3 aliphatic carbocycles. The lowest BCUT2D eigenvalue weighted by molar-refractivity contribution is -0.140. The second-order valence-corrected chi connectivity index (χ2v) is 7.11. The topological polar surface area (TPSA) is 49.3 Å². The molecule has 0 aromatic heterocycles. The van der Waals surface area contributed by atoms with Crippen LogP contribution in [0.3, 0.4) is 0 Å². The first-order chi connectivity index (χ1) is 10.2. The third kappa shape index (κ3) is 2.18. The van der Waals surface area contributed by atoms with Gasteiger partial charge < -0.3 is 5.11 Å². The normalized spacial score (nSPS) is 38.4. The highest BCUT2D eigenvalue weighted by atomic mass is 16.4. The van der Waals surface area contributed by atoms with Crippen molar-refractivity contribution in [3.8, 4) is 0 Å². The highest BCUT2D eigenvalue weighted by Crippen LogP contribution is 2.58. The molecule has 2 bridgehead atoms. The minimum Gasteiger partial charge on any atom is -0.480 e. The maximum atomic E-state index is 11.7. The van der Waals surface area contributed by atoms with E-state index in [-0.39, 0.29) is 0 Å². The van der Waals surface area contributed by atoms with E-state index in [4.69, 9.17) is 0 Å². The third-order valence-corrected chi connectivity index (χ3v) is 6.19. The van der Waals surface area contributed by atoms with Crippen molar-refractivity contribution in [1.82, 2.24) is 5.32 Å². The first kappa shape index (κ1) is 13.3. The molecule has 3 fully saturated rings. The van der Waals surface area contributed by atoms with Gasteiger partial charge in [-0.3, -0.25) is 10.1 Å². The van der Waals surface area contributed by atoms with Gasteiger partial charge in [-0.05, 0) is 54.9 Å². The van der Waals surface area contributed by atoms with Crippen LogP contribution < -0.4 is 5.32 Å². The fourth-order valence-corrected chi connectivity index (χ4v) is 5.43. The molecular weight excluding hydrogens is 262 g/mol. The Morgan fingerprint density at radius 2 is 1.86 bits per heavy atom. The van der Waals surface area contributed by atoms with Crippen LogP contribution in [0.25, 0.3) is 0 Å². The molecule has 21 heavy (non-hydrogen) atoms. The van der Waals surface area contributed by atoms with Gasteiger partial charge in [0.2, 0.25) is 0 Å². The summed E-state index contributed by atoms with van der Waals surface area (Å²) in [7, 11) is 0. The summed E-state index contributed by atoms with van der Waals surface area (Å²) in [6, 6.07) is 9.44. The van der Waals surface area contributed by atoms with E-state index in [0.29, 0.717) is 12.0 Å². The van der Waals surface area contributed by atoms with Crippen molar-refractivity contribution in [1.29, 1.82) is 0 Å². The van der Waals surface area contributed by atoms with E-state index in [0.717, 1.165) is 23.3 Å². The summed E-state index contributed by atoms with van der Waals surface area (Å²) in [4.78, 5) is 11.7. The summed E-state index contributed by atoms with van der Waals surface area (Å²) < 4.78 is 0. The highest BCUT2D eigenvalue weighted by molar-refractivity contribution is 5.75. The molecule has 1 aromatic carbocycles. The van der Waals surface area contributed by atoms with Crippen molar-refractivity contribution in [2.75, 3.05) is 0 Å². The van der Waals surface area contributed by atoms with Crippen LogP contribution in [0.2, 0.25) is 0 Å². The second kappa shape index (κ2) is 5.13. The third-order valence-electron chi connectivity index (χ3n) is 6.19. The van der Waals surface area contributed by atoms with Gasteiger partial charge in [0.05, 0.1) is 0 Å². The van der Waals surface area contributed by atoms with E-state index < -0.39 is 12.0 Å². The van der Waals surface area contributed by atoms with Crippen LogP contribution in [0.1, 0.15) is 43.7 Å². The summed E-state index contributed by atoms with van der Waals surface area (Å²) in [5.74, 6) is 2.63. The Balaban J connectivity index is 1.51. The molecule has 3 nitrogen and oxygen atoms in total. The predicted molar refractivity (Wildman–Crippen MR) is 80.8 cm³/mol. The molecule has 1 aromatic rings. The molecule has 3 heteroatoms. The number of carboxylic acids is 1. The Morgan fingerprint density at radius 3 is 2.62 bits per heavy atom. The molecule has 2 N–H and O–H groups in total. The van der Waals surface area contributed by atoms with Gasteiger partial charge in [0.15, 0.2) is 0 Å². The molecule has 0 spiro atoms. The molecule has 3 saturated carbocycles. The molecule has 0 radical (unpaired) electrons. The number of nitrogens with one attached hydrogen (secondary N) is 1. The first-order valence-corrected chi connectivity index (χ1v) is 8.28. The number of hydrogen-bond donors (Lipinski definition) is 2. The summed E-state index contributed by atoms with van der Waals surface area (Å²) >= 11 is 0. The van der Waals surface area contributed by atoms with Gasteiger partial charge in [0.1, 0.15) is 6.04 Å². The lowest BCUT2D eigenvalue weighted by atomic mass is 9.79. The van der Waals surface area contributed by atoms with E-state index in [2.05, 4.69) is 5.32 Å². The minimum atomic E-state index is -0.757. The summed E-state index contributed by atoms with van der Waals surface area (Å²) in [6.07, 6.45) is 6.68. The van der Waals surface area contributed by atoms with Gasteiger partial charge >= 0.3 is 5.97 Å². The Kier molecular flexibility index (Phi) is 3.26. The van der Waals surface area contributed by atoms with E-state index in [1.807, 2.05) is 30.3 Å². The van der Waals surface area contributed by atoms with Gasteiger partial charge in [-0.1, -0.05) is 36.8 Å². The molecule has 0 heterocycles. The largest absolute Gasteiger partial charge is 0.480 e. The Morgan fingerprint density at radius 1 is 1.10 bits per heavy atom. The fraction of sp³-hybridized carbons (Fsp3) is 0.611. The number of benzene rings is 1. The van der Waals surface area contributed by atoms with E-state index in [1.165, 1.54) is 32.1 Å². The van der Waals surface area contributed by atoms with Crippen molar-refractivity contribution in [2.24, 2.45) is 23.7 Å². The number of carbonyl (C=O) groups is 1. The summed E-state index contributed by atoms with van der Waals surface area (Å²) in [6.45, 7) is 0. The SMILES string of the molecule is O=C(O)C(NC1CC2CC1C1CCCC21)c1ccccc1. The quantitative estimate of drug-likeness (QED) is 0.893. The van der Waals surface area contributed by atoms with Crippen LogP contribution in [0.15, 0.2) is 30.3 Å². The molecule has 6 unspecified atom stereocenters. The zero-order valence-corrected chi connectivity index (χ0v) is 12.2. The number of rotatable bonds is 4. The zero-order valence-electron chi connectivity index (χ0n) is 12.2. The van der Waals surface area contributed by atoms with Crippen LogP contribution in [-0.2, 0) is 4.79 Å². The van der Waals surface area contributed by atoms with E-state index >= 15 is 0 Å². The van der Waals surface area contributed by atoms with Crippen molar-refractivity contribution in [3.63, 3.8) is 0 Å². The van der Waals surface area contributed by atoms with Gasteiger partial charge in [0.25, 0.3) is 0 Å². The Bertz CT molecular complexity index is 529.